The van der Waals surface area contributed by atoms with Gasteiger partial charge in [-0.1, -0.05) is 12.1 Å². The molecule has 1 unspecified atom stereocenters. The molecule has 0 amide bonds. The maximum Gasteiger partial charge on any atom is 0.261 e. The van der Waals surface area contributed by atoms with Crippen LogP contribution >= 0.6 is 22.6 Å². The monoisotopic (exact) mass is 440 g/mol. The standard InChI is InChI=1S/C17H17IN2O2S/c18-14-3-7-16(8-4-14)23(21,22)20-15-5-1-12(2-6-15)17-9-13(17)10-19-11-17/h1-8,13,19-20H,9-11H2/t13-,17?/m1/s1. The molecule has 0 spiro atoms. The van der Waals surface area contributed by atoms with Crippen molar-refractivity contribution in [2.45, 2.75) is 16.7 Å². The average Bonchev–Trinajstić information content (AvgIpc) is 3.09. The molecule has 2 aromatic carbocycles. The van der Waals surface area contributed by atoms with Crippen LogP contribution < -0.4 is 10.0 Å². The molecule has 0 bridgehead atoms. The molecule has 2 fully saturated rings. The maximum atomic E-state index is 12.4. The minimum atomic E-state index is -3.53. The summed E-state index contributed by atoms with van der Waals surface area (Å²) >= 11 is 2.16. The van der Waals surface area contributed by atoms with E-state index in [-0.39, 0.29) is 4.90 Å². The number of sulfonamides is 1. The Kier molecular flexibility index (Phi) is 3.66. The molecule has 0 aromatic heterocycles. The molecule has 1 saturated carbocycles. The Hall–Kier alpha value is -1.12. The van der Waals surface area contributed by atoms with Crippen molar-refractivity contribution in [3.05, 3.63) is 57.7 Å². The van der Waals surface area contributed by atoms with Gasteiger partial charge in [0.25, 0.3) is 10.0 Å². The second kappa shape index (κ2) is 5.46. The number of anilines is 1. The summed E-state index contributed by atoms with van der Waals surface area (Å²) in [7, 11) is -3.53. The summed E-state index contributed by atoms with van der Waals surface area (Å²) in [4.78, 5) is 0.280. The van der Waals surface area contributed by atoms with Crippen LogP contribution in [0.1, 0.15) is 12.0 Å². The molecule has 6 heteroatoms. The lowest BCUT2D eigenvalue weighted by Crippen LogP contribution is -2.19. The highest BCUT2D eigenvalue weighted by molar-refractivity contribution is 14.1. The first-order chi connectivity index (χ1) is 11.0. The molecular weight excluding hydrogens is 423 g/mol. The lowest BCUT2D eigenvalue weighted by Gasteiger charge is -2.14. The third kappa shape index (κ3) is 2.77. The lowest BCUT2D eigenvalue weighted by molar-refractivity contribution is 0.601. The maximum absolute atomic E-state index is 12.4. The highest BCUT2D eigenvalue weighted by atomic mass is 127. The number of hydrogen-bond donors (Lipinski definition) is 2. The largest absolute Gasteiger partial charge is 0.316 e. The van der Waals surface area contributed by atoms with E-state index >= 15 is 0 Å². The first-order valence-corrected chi connectivity index (χ1v) is 10.2. The van der Waals surface area contributed by atoms with Crippen molar-refractivity contribution in [3.63, 3.8) is 0 Å². The number of halogens is 1. The van der Waals surface area contributed by atoms with Gasteiger partial charge in [0, 0.05) is 21.2 Å². The van der Waals surface area contributed by atoms with Gasteiger partial charge in [0.15, 0.2) is 0 Å². The molecule has 2 N–H and O–H groups in total. The van der Waals surface area contributed by atoms with Gasteiger partial charge in [0.05, 0.1) is 4.90 Å². The van der Waals surface area contributed by atoms with Crippen LogP contribution in [0.3, 0.4) is 0 Å². The molecule has 1 aliphatic carbocycles. The molecule has 23 heavy (non-hydrogen) atoms. The fourth-order valence-electron chi connectivity index (χ4n) is 3.49. The van der Waals surface area contributed by atoms with Gasteiger partial charge in [-0.2, -0.15) is 0 Å². The molecule has 2 atom stereocenters. The van der Waals surface area contributed by atoms with Crippen LogP contribution in [0.2, 0.25) is 0 Å². The fraction of sp³-hybridized carbons (Fsp3) is 0.294. The summed E-state index contributed by atoms with van der Waals surface area (Å²) in [6.45, 7) is 2.13. The van der Waals surface area contributed by atoms with Gasteiger partial charge in [-0.3, -0.25) is 4.72 Å². The molecule has 2 aliphatic rings. The molecule has 120 valence electrons. The molecule has 4 rings (SSSR count). The van der Waals surface area contributed by atoms with E-state index in [1.54, 1.807) is 24.3 Å². The Balaban J connectivity index is 1.54. The summed E-state index contributed by atoms with van der Waals surface area (Å²) < 4.78 is 28.5. The minimum Gasteiger partial charge on any atom is -0.316 e. The predicted molar refractivity (Wildman–Crippen MR) is 99.1 cm³/mol. The summed E-state index contributed by atoms with van der Waals surface area (Å²) in [5.41, 5.74) is 2.21. The normalized spacial score (nSPS) is 25.9. The topological polar surface area (TPSA) is 58.2 Å². The van der Waals surface area contributed by atoms with Crippen LogP contribution in [0.5, 0.6) is 0 Å². The van der Waals surface area contributed by atoms with E-state index in [2.05, 4.69) is 44.8 Å². The average molecular weight is 440 g/mol. The van der Waals surface area contributed by atoms with E-state index < -0.39 is 10.0 Å². The van der Waals surface area contributed by atoms with Gasteiger partial charge in [-0.05, 0) is 83.4 Å². The Morgan fingerprint density at radius 2 is 1.78 bits per heavy atom. The summed E-state index contributed by atoms with van der Waals surface area (Å²) in [6, 6.07) is 14.7. The first kappa shape index (κ1) is 15.4. The van der Waals surface area contributed by atoms with Crippen molar-refractivity contribution >= 4 is 38.3 Å². The summed E-state index contributed by atoms with van der Waals surface area (Å²) in [6.07, 6.45) is 1.24. The number of rotatable bonds is 4. The molecule has 0 radical (unpaired) electrons. The van der Waals surface area contributed by atoms with Crippen molar-refractivity contribution in [2.24, 2.45) is 5.92 Å². The van der Waals surface area contributed by atoms with E-state index in [1.807, 2.05) is 12.1 Å². The number of benzene rings is 2. The Bertz CT molecular complexity index is 834. The predicted octanol–water partition coefficient (Wildman–Crippen LogP) is 2.95. The zero-order valence-corrected chi connectivity index (χ0v) is 15.4. The quantitative estimate of drug-likeness (QED) is 0.719. The highest BCUT2D eigenvalue weighted by Crippen LogP contribution is 2.56. The zero-order valence-electron chi connectivity index (χ0n) is 12.4. The lowest BCUT2D eigenvalue weighted by atomic mass is 9.95. The number of hydrogen-bond acceptors (Lipinski definition) is 3. The molecular formula is C17H17IN2O2S. The fourth-order valence-corrected chi connectivity index (χ4v) is 4.91. The van der Waals surface area contributed by atoms with Crippen LogP contribution in [0.15, 0.2) is 53.4 Å². The summed E-state index contributed by atoms with van der Waals surface area (Å²) in [5, 5.41) is 3.43. The van der Waals surface area contributed by atoms with E-state index in [1.165, 1.54) is 12.0 Å². The van der Waals surface area contributed by atoms with Gasteiger partial charge in [0.1, 0.15) is 0 Å². The molecule has 2 aromatic rings. The van der Waals surface area contributed by atoms with Crippen molar-refractivity contribution in [1.82, 2.24) is 5.32 Å². The SMILES string of the molecule is O=S(=O)(Nc1ccc(C23CNC[C@H]2C3)cc1)c1ccc(I)cc1. The number of nitrogens with one attached hydrogen (secondary N) is 2. The van der Waals surface area contributed by atoms with Gasteiger partial charge in [0.2, 0.25) is 0 Å². The Labute approximate surface area is 149 Å². The van der Waals surface area contributed by atoms with Gasteiger partial charge >= 0.3 is 0 Å². The molecule has 1 aliphatic heterocycles. The number of fused-ring (bicyclic) bond motifs is 1. The second-order valence-corrected chi connectivity index (χ2v) is 9.25. The third-order valence-corrected chi connectivity index (χ3v) is 7.02. The minimum absolute atomic E-state index is 0.280. The second-order valence-electron chi connectivity index (χ2n) is 6.32. The molecule has 4 nitrogen and oxygen atoms in total. The van der Waals surface area contributed by atoms with Crippen LogP contribution in [0.4, 0.5) is 5.69 Å². The van der Waals surface area contributed by atoms with E-state index in [0.717, 1.165) is 22.6 Å². The van der Waals surface area contributed by atoms with Gasteiger partial charge in [-0.15, -0.1) is 0 Å². The van der Waals surface area contributed by atoms with Crippen LogP contribution in [-0.4, -0.2) is 21.5 Å². The first-order valence-electron chi connectivity index (χ1n) is 7.59. The van der Waals surface area contributed by atoms with Crippen molar-refractivity contribution in [2.75, 3.05) is 17.8 Å². The Morgan fingerprint density at radius 1 is 1.09 bits per heavy atom. The zero-order chi connectivity index (χ0) is 16.1. The van der Waals surface area contributed by atoms with Crippen molar-refractivity contribution in [3.8, 4) is 0 Å². The third-order valence-electron chi connectivity index (χ3n) is 4.90. The summed E-state index contributed by atoms with van der Waals surface area (Å²) in [5.74, 6) is 0.747. The Morgan fingerprint density at radius 3 is 2.35 bits per heavy atom. The molecule has 1 heterocycles. The van der Waals surface area contributed by atoms with Crippen molar-refractivity contribution in [1.29, 1.82) is 0 Å². The smallest absolute Gasteiger partial charge is 0.261 e. The van der Waals surface area contributed by atoms with E-state index in [4.69, 9.17) is 0 Å². The number of piperidine rings is 1. The van der Waals surface area contributed by atoms with E-state index in [0.29, 0.717) is 11.1 Å². The molecule has 1 saturated heterocycles. The highest BCUT2D eigenvalue weighted by Gasteiger charge is 2.57. The van der Waals surface area contributed by atoms with Crippen LogP contribution in [-0.2, 0) is 15.4 Å². The van der Waals surface area contributed by atoms with Crippen LogP contribution in [0.25, 0.3) is 0 Å². The van der Waals surface area contributed by atoms with Crippen molar-refractivity contribution < 1.29 is 8.42 Å². The van der Waals surface area contributed by atoms with Crippen LogP contribution in [0, 0.1) is 9.49 Å². The van der Waals surface area contributed by atoms with E-state index in [9.17, 15) is 8.42 Å². The van der Waals surface area contributed by atoms with Gasteiger partial charge < -0.3 is 5.32 Å². The van der Waals surface area contributed by atoms with Gasteiger partial charge in [-0.25, -0.2) is 8.42 Å².